The Balaban J connectivity index is 0. The summed E-state index contributed by atoms with van der Waals surface area (Å²) in [4.78, 5) is 0. The van der Waals surface area contributed by atoms with Gasteiger partial charge in [0.2, 0.25) is 0 Å². The third kappa shape index (κ3) is 3.56. The van der Waals surface area contributed by atoms with Gasteiger partial charge in [0.05, 0.1) is 0 Å². The van der Waals surface area contributed by atoms with Crippen molar-refractivity contribution in [1.82, 2.24) is 0 Å². The highest BCUT2D eigenvalue weighted by molar-refractivity contribution is 5.18. The molecule has 0 saturated carbocycles. The molecule has 1 aromatic carbocycles. The molecule has 1 rings (SSSR count). The van der Waals surface area contributed by atoms with E-state index >= 15 is 0 Å². The fourth-order valence-electron chi connectivity index (χ4n) is 1.02. The number of hydrogen-bond acceptors (Lipinski definition) is 0. The quantitative estimate of drug-likeness (QED) is 0.608. The largest absolute Gasteiger partial charge is 0.0776 e. The first-order valence-electron chi connectivity index (χ1n) is 3.89. The topological polar surface area (TPSA) is 0 Å². The van der Waals surface area contributed by atoms with Gasteiger partial charge in [-0.15, -0.1) is 0 Å². The van der Waals surface area contributed by atoms with Gasteiger partial charge in [0.1, 0.15) is 0 Å². The minimum Gasteiger partial charge on any atom is -0.0776 e. The maximum atomic E-state index is 2.26. The molecule has 0 nitrogen and oxygen atoms in total. The van der Waals surface area contributed by atoms with Crippen LogP contribution in [0.5, 0.6) is 0 Å². The van der Waals surface area contributed by atoms with E-state index in [1.165, 1.54) is 12.0 Å². The van der Waals surface area contributed by atoms with Crippen LogP contribution >= 0.6 is 0 Å². The summed E-state index contributed by atoms with van der Waals surface area (Å²) in [5.74, 6) is 0.709. The molecule has 0 fully saturated rings. The van der Waals surface area contributed by atoms with Gasteiger partial charge in [0.25, 0.3) is 0 Å². The van der Waals surface area contributed by atoms with Gasteiger partial charge in [-0.05, 0) is 17.9 Å². The number of hydrogen-bond donors (Lipinski definition) is 0. The number of benzene rings is 1. The molecule has 0 aliphatic rings. The van der Waals surface area contributed by atoms with Crippen LogP contribution in [0, 0.1) is 0 Å². The fourth-order valence-corrected chi connectivity index (χ4v) is 1.02. The van der Waals surface area contributed by atoms with Crippen LogP contribution in [-0.4, -0.2) is 0 Å². The molecule has 1 aromatic rings. The maximum absolute atomic E-state index is 2.26. The van der Waals surface area contributed by atoms with Crippen LogP contribution in [0.3, 0.4) is 0 Å². The van der Waals surface area contributed by atoms with E-state index in [4.69, 9.17) is 0 Å². The number of rotatable bonds is 2. The van der Waals surface area contributed by atoms with Crippen molar-refractivity contribution in [3.05, 3.63) is 35.9 Å². The lowest BCUT2D eigenvalue weighted by atomic mass is 9.99. The normalized spacial score (nSPS) is 10.8. The zero-order chi connectivity index (χ0) is 7.40. The average molecular weight is 166 g/mol. The van der Waals surface area contributed by atoms with E-state index in [0.717, 1.165) is 0 Å². The lowest BCUT2D eigenvalue weighted by Crippen LogP contribution is -1.88. The summed E-state index contributed by atoms with van der Waals surface area (Å²) in [6.07, 6.45) is 1.23. The van der Waals surface area contributed by atoms with E-state index in [2.05, 4.69) is 44.2 Å². The Morgan fingerprint density at radius 1 is 1.08 bits per heavy atom. The predicted molar refractivity (Wildman–Crippen MR) is 58.6 cm³/mol. The monoisotopic (exact) mass is 166 g/mol. The molecule has 12 heavy (non-hydrogen) atoms. The Hall–Kier alpha value is -0.780. The van der Waals surface area contributed by atoms with Crippen LogP contribution in [0.2, 0.25) is 0 Å². The van der Waals surface area contributed by atoms with Crippen molar-refractivity contribution in [3.63, 3.8) is 0 Å². The van der Waals surface area contributed by atoms with Crippen LogP contribution in [0.25, 0.3) is 0 Å². The molecule has 0 saturated heterocycles. The molecule has 0 heterocycles. The second-order valence-corrected chi connectivity index (χ2v) is 2.72. The second-order valence-electron chi connectivity index (χ2n) is 2.72. The summed E-state index contributed by atoms with van der Waals surface area (Å²) < 4.78 is 0. The summed E-state index contributed by atoms with van der Waals surface area (Å²) in [6.45, 7) is 4.48. The highest BCUT2D eigenvalue weighted by Gasteiger charge is 1.98. The molecule has 0 aliphatic heterocycles. The van der Waals surface area contributed by atoms with E-state index < -0.39 is 0 Å². The lowest BCUT2D eigenvalue weighted by molar-refractivity contribution is 0.733. The summed E-state index contributed by atoms with van der Waals surface area (Å²) in [5.41, 5.74) is 1.45. The van der Waals surface area contributed by atoms with Gasteiger partial charge >= 0.3 is 0 Å². The fraction of sp³-hybridized carbons (Fsp3) is 0.500. The molecular weight excluding hydrogens is 144 g/mol. The standard InChI is InChI=1S/C10H14.2CH4/c1-3-9(2)10-7-5-4-6-8-10;;/h4-9H,3H2,1-2H3;2*1H4. The van der Waals surface area contributed by atoms with Crippen LogP contribution in [-0.2, 0) is 0 Å². The molecule has 70 valence electrons. The molecule has 0 heteroatoms. The van der Waals surface area contributed by atoms with Crippen molar-refractivity contribution in [2.24, 2.45) is 0 Å². The van der Waals surface area contributed by atoms with Crippen molar-refractivity contribution in [1.29, 1.82) is 0 Å². The maximum Gasteiger partial charge on any atom is -0.0193 e. The third-order valence-corrected chi connectivity index (χ3v) is 1.98. The highest BCUT2D eigenvalue weighted by atomic mass is 14.0. The Morgan fingerprint density at radius 2 is 1.58 bits per heavy atom. The molecule has 0 aliphatic carbocycles. The molecule has 0 radical (unpaired) electrons. The first-order valence-corrected chi connectivity index (χ1v) is 3.89. The zero-order valence-electron chi connectivity index (χ0n) is 6.67. The van der Waals surface area contributed by atoms with Crippen LogP contribution in [0.4, 0.5) is 0 Å². The van der Waals surface area contributed by atoms with Crippen LogP contribution < -0.4 is 0 Å². The van der Waals surface area contributed by atoms with Gasteiger partial charge in [-0.25, -0.2) is 0 Å². The first-order chi connectivity index (χ1) is 4.84. The van der Waals surface area contributed by atoms with E-state index in [-0.39, 0.29) is 14.9 Å². The zero-order valence-corrected chi connectivity index (χ0v) is 6.67. The molecule has 0 aromatic heterocycles. The highest BCUT2D eigenvalue weighted by Crippen LogP contribution is 2.16. The van der Waals surface area contributed by atoms with Crippen LogP contribution in [0.15, 0.2) is 30.3 Å². The van der Waals surface area contributed by atoms with E-state index in [1.54, 1.807) is 0 Å². The summed E-state index contributed by atoms with van der Waals surface area (Å²) >= 11 is 0. The van der Waals surface area contributed by atoms with Crippen molar-refractivity contribution in [2.75, 3.05) is 0 Å². The summed E-state index contributed by atoms with van der Waals surface area (Å²) in [6, 6.07) is 10.6. The van der Waals surface area contributed by atoms with Gasteiger partial charge in [0.15, 0.2) is 0 Å². The van der Waals surface area contributed by atoms with Gasteiger partial charge in [-0.1, -0.05) is 59.0 Å². The van der Waals surface area contributed by atoms with E-state index in [1.807, 2.05) is 0 Å². The molecule has 1 unspecified atom stereocenters. The molecule has 0 bridgehead atoms. The second kappa shape index (κ2) is 6.90. The summed E-state index contributed by atoms with van der Waals surface area (Å²) in [7, 11) is 0. The van der Waals surface area contributed by atoms with Gasteiger partial charge in [-0.3, -0.25) is 0 Å². The molecule has 0 amide bonds. The van der Waals surface area contributed by atoms with E-state index in [9.17, 15) is 0 Å². The smallest absolute Gasteiger partial charge is 0.0193 e. The Bertz CT molecular complexity index is 176. The lowest BCUT2D eigenvalue weighted by Gasteiger charge is -2.06. The molecule has 1 atom stereocenters. The average Bonchev–Trinajstić information content (AvgIpc) is 2.05. The van der Waals surface area contributed by atoms with Crippen molar-refractivity contribution >= 4 is 0 Å². The SMILES string of the molecule is C.C.CCC(C)c1ccccc1. The Kier molecular flexibility index (Phi) is 7.93. The Labute approximate surface area is 77.6 Å². The summed E-state index contributed by atoms with van der Waals surface area (Å²) in [5, 5.41) is 0. The molecular formula is C12H22. The third-order valence-electron chi connectivity index (χ3n) is 1.98. The van der Waals surface area contributed by atoms with Gasteiger partial charge in [0, 0.05) is 0 Å². The van der Waals surface area contributed by atoms with Crippen LogP contribution in [0.1, 0.15) is 46.6 Å². The predicted octanol–water partition coefficient (Wildman–Crippen LogP) is 4.47. The molecule has 0 spiro atoms. The minimum atomic E-state index is 0. The van der Waals surface area contributed by atoms with Crippen molar-refractivity contribution in [3.8, 4) is 0 Å². The first kappa shape index (κ1) is 13.8. The molecule has 0 N–H and O–H groups in total. The Morgan fingerprint density at radius 3 is 2.00 bits per heavy atom. The minimum absolute atomic E-state index is 0. The van der Waals surface area contributed by atoms with E-state index in [0.29, 0.717) is 5.92 Å². The van der Waals surface area contributed by atoms with Gasteiger partial charge in [-0.2, -0.15) is 0 Å². The van der Waals surface area contributed by atoms with Crippen molar-refractivity contribution < 1.29 is 0 Å². The van der Waals surface area contributed by atoms with Crippen molar-refractivity contribution in [2.45, 2.75) is 41.0 Å². The van der Waals surface area contributed by atoms with Gasteiger partial charge < -0.3 is 0 Å².